The van der Waals surface area contributed by atoms with Crippen LogP contribution in [0.2, 0.25) is 0 Å². The van der Waals surface area contributed by atoms with Crippen LogP contribution in [0, 0.1) is 16.7 Å². The zero-order chi connectivity index (χ0) is 8.28. The third kappa shape index (κ3) is 0.660. The van der Waals surface area contributed by atoms with Gasteiger partial charge in [-0.2, -0.15) is 0 Å². The van der Waals surface area contributed by atoms with E-state index in [1.165, 1.54) is 12.8 Å². The first-order valence-electron chi connectivity index (χ1n) is 4.66. The summed E-state index contributed by atoms with van der Waals surface area (Å²) in [5.41, 5.74) is 2.72. The lowest BCUT2D eigenvalue weighted by Crippen LogP contribution is -2.34. The van der Waals surface area contributed by atoms with E-state index in [0.717, 1.165) is 5.92 Å². The molecule has 11 heavy (non-hydrogen) atoms. The number of hydrogen-bond donors (Lipinski definition) is 0. The van der Waals surface area contributed by atoms with Crippen LogP contribution in [0.1, 0.15) is 40.5 Å². The van der Waals surface area contributed by atoms with E-state index in [1.807, 2.05) is 0 Å². The maximum absolute atomic E-state index is 2.47. The van der Waals surface area contributed by atoms with Gasteiger partial charge in [-0.15, -0.1) is 0 Å². The molecule has 0 heterocycles. The van der Waals surface area contributed by atoms with Crippen molar-refractivity contribution in [1.29, 1.82) is 0 Å². The van der Waals surface area contributed by atoms with E-state index in [0.29, 0.717) is 10.8 Å². The SMILES string of the molecule is CC1(C)C2=CCC(C2)C1(C)C. The van der Waals surface area contributed by atoms with Gasteiger partial charge in [0.1, 0.15) is 0 Å². The van der Waals surface area contributed by atoms with E-state index in [-0.39, 0.29) is 0 Å². The van der Waals surface area contributed by atoms with Crippen LogP contribution >= 0.6 is 0 Å². The van der Waals surface area contributed by atoms with Crippen LogP contribution in [0.3, 0.4) is 0 Å². The van der Waals surface area contributed by atoms with Gasteiger partial charge in [-0.05, 0) is 29.6 Å². The summed E-state index contributed by atoms with van der Waals surface area (Å²) in [5, 5.41) is 0. The zero-order valence-corrected chi connectivity index (χ0v) is 8.07. The fraction of sp³-hybridized carbons (Fsp3) is 0.818. The van der Waals surface area contributed by atoms with E-state index in [4.69, 9.17) is 0 Å². The molecule has 2 bridgehead atoms. The summed E-state index contributed by atoms with van der Waals surface area (Å²) in [4.78, 5) is 0. The number of hydrogen-bond acceptors (Lipinski definition) is 0. The van der Waals surface area contributed by atoms with Gasteiger partial charge in [-0.1, -0.05) is 39.3 Å². The molecule has 62 valence electrons. The quantitative estimate of drug-likeness (QED) is 0.464. The van der Waals surface area contributed by atoms with Crippen molar-refractivity contribution >= 4 is 0 Å². The Balaban J connectivity index is 2.48. The molecule has 2 aliphatic rings. The summed E-state index contributed by atoms with van der Waals surface area (Å²) < 4.78 is 0. The molecule has 0 heteroatoms. The lowest BCUT2D eigenvalue weighted by Gasteiger charge is -2.41. The molecule has 0 radical (unpaired) electrons. The van der Waals surface area contributed by atoms with Crippen LogP contribution in [-0.4, -0.2) is 0 Å². The second kappa shape index (κ2) is 1.73. The van der Waals surface area contributed by atoms with Crippen molar-refractivity contribution in [2.45, 2.75) is 40.5 Å². The molecule has 0 aliphatic heterocycles. The number of fused-ring (bicyclic) bond motifs is 2. The Morgan fingerprint density at radius 3 is 2.18 bits per heavy atom. The molecule has 0 spiro atoms. The Morgan fingerprint density at radius 2 is 1.91 bits per heavy atom. The summed E-state index contributed by atoms with van der Waals surface area (Å²) in [6.45, 7) is 9.66. The van der Waals surface area contributed by atoms with Crippen molar-refractivity contribution in [3.63, 3.8) is 0 Å². The molecule has 0 aromatic rings. The molecule has 0 saturated heterocycles. The standard InChI is InChI=1S/C11H18/c1-10(2)8-5-6-9(7-8)11(10,3)4/h5,9H,6-7H2,1-4H3. The Kier molecular flexibility index (Phi) is 1.16. The van der Waals surface area contributed by atoms with Crippen molar-refractivity contribution in [2.24, 2.45) is 16.7 Å². The third-order valence-electron chi connectivity index (χ3n) is 4.55. The van der Waals surface area contributed by atoms with Gasteiger partial charge < -0.3 is 0 Å². The van der Waals surface area contributed by atoms with Gasteiger partial charge in [-0.3, -0.25) is 0 Å². The van der Waals surface area contributed by atoms with E-state index < -0.39 is 0 Å². The van der Waals surface area contributed by atoms with Gasteiger partial charge in [0.05, 0.1) is 0 Å². The Bertz CT molecular complexity index is 218. The van der Waals surface area contributed by atoms with Gasteiger partial charge in [-0.25, -0.2) is 0 Å². The molecule has 0 amide bonds. The minimum absolute atomic E-state index is 0.468. The molecule has 1 unspecified atom stereocenters. The van der Waals surface area contributed by atoms with Crippen LogP contribution < -0.4 is 0 Å². The molecule has 2 aliphatic carbocycles. The summed E-state index contributed by atoms with van der Waals surface area (Å²) in [5.74, 6) is 0.937. The van der Waals surface area contributed by atoms with Crippen molar-refractivity contribution in [3.05, 3.63) is 11.6 Å². The summed E-state index contributed by atoms with van der Waals surface area (Å²) in [7, 11) is 0. The van der Waals surface area contributed by atoms with Crippen molar-refractivity contribution in [3.8, 4) is 0 Å². The molecule has 1 atom stereocenters. The summed E-state index contributed by atoms with van der Waals surface area (Å²) in [6.07, 6.45) is 5.18. The fourth-order valence-electron chi connectivity index (χ4n) is 2.70. The highest BCUT2D eigenvalue weighted by molar-refractivity contribution is 5.29. The minimum atomic E-state index is 0.468. The molecule has 1 saturated carbocycles. The maximum Gasteiger partial charge on any atom is -0.00906 e. The Hall–Kier alpha value is -0.260. The Labute approximate surface area is 69.7 Å². The minimum Gasteiger partial charge on any atom is -0.0845 e. The highest BCUT2D eigenvalue weighted by atomic mass is 14.6. The molecule has 0 aromatic heterocycles. The second-order valence-corrected chi connectivity index (χ2v) is 5.21. The lowest BCUT2D eigenvalue weighted by molar-refractivity contribution is 0.117. The van der Waals surface area contributed by atoms with Crippen LogP contribution in [0.25, 0.3) is 0 Å². The van der Waals surface area contributed by atoms with Crippen LogP contribution in [0.15, 0.2) is 11.6 Å². The van der Waals surface area contributed by atoms with E-state index >= 15 is 0 Å². The predicted octanol–water partition coefficient (Wildman–Crippen LogP) is 3.39. The van der Waals surface area contributed by atoms with Crippen LogP contribution in [0.5, 0.6) is 0 Å². The Morgan fingerprint density at radius 1 is 1.27 bits per heavy atom. The normalized spacial score (nSPS) is 37.5. The number of rotatable bonds is 0. The van der Waals surface area contributed by atoms with Gasteiger partial charge in [0.15, 0.2) is 0 Å². The van der Waals surface area contributed by atoms with Gasteiger partial charge in [0.2, 0.25) is 0 Å². The number of allylic oxidation sites excluding steroid dienone is 2. The van der Waals surface area contributed by atoms with Crippen molar-refractivity contribution in [2.75, 3.05) is 0 Å². The lowest BCUT2D eigenvalue weighted by atomic mass is 9.63. The molecular weight excluding hydrogens is 132 g/mol. The molecule has 2 rings (SSSR count). The third-order valence-corrected chi connectivity index (χ3v) is 4.55. The van der Waals surface area contributed by atoms with Crippen LogP contribution in [0.4, 0.5) is 0 Å². The van der Waals surface area contributed by atoms with E-state index in [1.54, 1.807) is 5.57 Å². The largest absolute Gasteiger partial charge is 0.0845 e. The zero-order valence-electron chi connectivity index (χ0n) is 8.07. The first-order chi connectivity index (χ1) is 4.96. The molecule has 0 nitrogen and oxygen atoms in total. The smallest absolute Gasteiger partial charge is 0.00906 e. The van der Waals surface area contributed by atoms with Crippen molar-refractivity contribution in [1.82, 2.24) is 0 Å². The van der Waals surface area contributed by atoms with Gasteiger partial charge >= 0.3 is 0 Å². The fourth-order valence-corrected chi connectivity index (χ4v) is 2.70. The molecular formula is C11H18. The van der Waals surface area contributed by atoms with Gasteiger partial charge in [0, 0.05) is 0 Å². The highest BCUT2D eigenvalue weighted by Crippen LogP contribution is 2.63. The monoisotopic (exact) mass is 150 g/mol. The molecule has 0 aromatic carbocycles. The predicted molar refractivity (Wildman–Crippen MR) is 48.4 cm³/mol. The van der Waals surface area contributed by atoms with Crippen LogP contribution in [-0.2, 0) is 0 Å². The molecule has 0 N–H and O–H groups in total. The average Bonchev–Trinajstić information content (AvgIpc) is 2.37. The van der Waals surface area contributed by atoms with E-state index in [9.17, 15) is 0 Å². The topological polar surface area (TPSA) is 0 Å². The maximum atomic E-state index is 2.47. The first kappa shape index (κ1) is 7.39. The average molecular weight is 150 g/mol. The van der Waals surface area contributed by atoms with Gasteiger partial charge in [0.25, 0.3) is 0 Å². The summed E-state index contributed by atoms with van der Waals surface area (Å²) in [6, 6.07) is 0. The van der Waals surface area contributed by atoms with E-state index in [2.05, 4.69) is 33.8 Å². The highest BCUT2D eigenvalue weighted by Gasteiger charge is 2.53. The van der Waals surface area contributed by atoms with Crippen molar-refractivity contribution < 1.29 is 0 Å². The summed E-state index contributed by atoms with van der Waals surface area (Å²) >= 11 is 0. The second-order valence-electron chi connectivity index (χ2n) is 5.21. The first-order valence-corrected chi connectivity index (χ1v) is 4.66. The molecule has 1 fully saturated rings.